The van der Waals surface area contributed by atoms with E-state index in [2.05, 4.69) is 54.5 Å². The van der Waals surface area contributed by atoms with Crippen molar-refractivity contribution in [3.63, 3.8) is 0 Å². The molecule has 3 atom stereocenters. The van der Waals surface area contributed by atoms with Gasteiger partial charge in [0.15, 0.2) is 0 Å². The van der Waals surface area contributed by atoms with Crippen LogP contribution in [0.25, 0.3) is 0 Å². The van der Waals surface area contributed by atoms with Crippen LogP contribution in [0.15, 0.2) is 30.3 Å². The molecule has 0 aromatic heterocycles. The lowest BCUT2D eigenvalue weighted by atomic mass is 9.73. The molecule has 1 aromatic carbocycles. The Balaban J connectivity index is 2.37. The molecule has 96 valence electrons. The van der Waals surface area contributed by atoms with Gasteiger partial charge in [0, 0.05) is 18.5 Å². The Morgan fingerprint density at radius 3 is 2.61 bits per heavy atom. The molecule has 0 amide bonds. The van der Waals surface area contributed by atoms with E-state index in [4.69, 9.17) is 0 Å². The summed E-state index contributed by atoms with van der Waals surface area (Å²) in [5, 5.41) is 12.8. The van der Waals surface area contributed by atoms with Gasteiger partial charge in [0.05, 0.1) is 6.07 Å². The second-order valence-electron chi connectivity index (χ2n) is 5.21. The number of hydrogen-bond acceptors (Lipinski definition) is 3. The van der Waals surface area contributed by atoms with Gasteiger partial charge in [-0.2, -0.15) is 5.26 Å². The molecule has 0 saturated carbocycles. The van der Waals surface area contributed by atoms with Gasteiger partial charge in [0.1, 0.15) is 5.54 Å². The van der Waals surface area contributed by atoms with Crippen molar-refractivity contribution in [1.82, 2.24) is 10.2 Å². The minimum Gasteiger partial charge on any atom is -0.302 e. The van der Waals surface area contributed by atoms with Crippen molar-refractivity contribution in [1.29, 1.82) is 5.26 Å². The maximum Gasteiger partial charge on any atom is 0.112 e. The molecule has 2 rings (SSSR count). The zero-order chi connectivity index (χ0) is 13.2. The maximum absolute atomic E-state index is 9.53. The lowest BCUT2D eigenvalue weighted by Crippen LogP contribution is -2.57. The zero-order valence-corrected chi connectivity index (χ0v) is 11.4. The number of piperidine rings is 1. The second-order valence-corrected chi connectivity index (χ2v) is 5.21. The highest BCUT2D eigenvalue weighted by Gasteiger charge is 2.45. The number of benzene rings is 1. The Kier molecular flexibility index (Phi) is 3.70. The number of nitrogens with zero attached hydrogens (tertiary/aromatic N) is 2. The van der Waals surface area contributed by atoms with Crippen LogP contribution in [0.5, 0.6) is 0 Å². The fourth-order valence-corrected chi connectivity index (χ4v) is 3.13. The van der Waals surface area contributed by atoms with Crippen LogP contribution in [0.2, 0.25) is 0 Å². The highest BCUT2D eigenvalue weighted by Crippen LogP contribution is 2.40. The molecule has 0 bridgehead atoms. The van der Waals surface area contributed by atoms with E-state index in [1.807, 2.05) is 13.1 Å². The average molecular weight is 243 g/mol. The molecular weight excluding hydrogens is 222 g/mol. The second kappa shape index (κ2) is 5.09. The largest absolute Gasteiger partial charge is 0.302 e. The zero-order valence-electron chi connectivity index (χ0n) is 11.4. The van der Waals surface area contributed by atoms with E-state index in [-0.39, 0.29) is 5.92 Å². The number of likely N-dealkylation sites (tertiary alicyclic amines) is 1. The van der Waals surface area contributed by atoms with Gasteiger partial charge in [-0.3, -0.25) is 4.90 Å². The molecule has 1 fully saturated rings. The Morgan fingerprint density at radius 1 is 1.39 bits per heavy atom. The molecule has 0 spiro atoms. The van der Waals surface area contributed by atoms with Gasteiger partial charge in [0.25, 0.3) is 0 Å². The number of rotatable bonds is 2. The van der Waals surface area contributed by atoms with Crippen molar-refractivity contribution in [2.75, 3.05) is 20.6 Å². The summed E-state index contributed by atoms with van der Waals surface area (Å²) in [7, 11) is 4.04. The first-order valence-electron chi connectivity index (χ1n) is 6.50. The molecular formula is C15H21N3. The number of nitrogens with one attached hydrogen (secondary N) is 1. The average Bonchev–Trinajstić information content (AvgIpc) is 2.41. The van der Waals surface area contributed by atoms with Crippen molar-refractivity contribution in [3.8, 4) is 6.07 Å². The molecule has 1 aromatic rings. The Labute approximate surface area is 109 Å². The van der Waals surface area contributed by atoms with Crippen LogP contribution in [0.1, 0.15) is 24.9 Å². The summed E-state index contributed by atoms with van der Waals surface area (Å²) in [6.45, 7) is 3.12. The number of nitriles is 1. The molecule has 3 heteroatoms. The smallest absolute Gasteiger partial charge is 0.112 e. The van der Waals surface area contributed by atoms with E-state index in [1.54, 1.807) is 0 Å². The van der Waals surface area contributed by atoms with Crippen LogP contribution in [-0.2, 0) is 0 Å². The molecule has 3 unspecified atom stereocenters. The molecule has 18 heavy (non-hydrogen) atoms. The normalized spacial score (nSPS) is 33.0. The fourth-order valence-electron chi connectivity index (χ4n) is 3.13. The van der Waals surface area contributed by atoms with Gasteiger partial charge >= 0.3 is 0 Å². The fraction of sp³-hybridized carbons (Fsp3) is 0.533. The van der Waals surface area contributed by atoms with E-state index in [9.17, 15) is 5.26 Å². The molecule has 1 N–H and O–H groups in total. The molecule has 0 aliphatic carbocycles. The van der Waals surface area contributed by atoms with Crippen LogP contribution < -0.4 is 5.32 Å². The lowest BCUT2D eigenvalue weighted by molar-refractivity contribution is 0.0689. The van der Waals surface area contributed by atoms with Crippen molar-refractivity contribution in [2.24, 2.45) is 5.92 Å². The summed E-state index contributed by atoms with van der Waals surface area (Å²) in [5.74, 6) is 0.258. The maximum atomic E-state index is 9.53. The van der Waals surface area contributed by atoms with Gasteiger partial charge in [-0.05, 0) is 26.1 Å². The SMILES string of the molecule is CNC1(C#N)CCN(C)C(c2ccccc2)C1C. The van der Waals surface area contributed by atoms with Gasteiger partial charge in [-0.15, -0.1) is 0 Å². The first-order chi connectivity index (χ1) is 8.64. The van der Waals surface area contributed by atoms with Crippen LogP contribution >= 0.6 is 0 Å². The molecule has 1 heterocycles. The van der Waals surface area contributed by atoms with Crippen LogP contribution in [0, 0.1) is 17.2 Å². The van der Waals surface area contributed by atoms with Crippen LogP contribution in [0.3, 0.4) is 0 Å². The van der Waals surface area contributed by atoms with Gasteiger partial charge in [-0.25, -0.2) is 0 Å². The summed E-state index contributed by atoms with van der Waals surface area (Å²) in [6, 6.07) is 13.3. The molecule has 1 saturated heterocycles. The Morgan fingerprint density at radius 2 is 2.06 bits per heavy atom. The first kappa shape index (κ1) is 13.1. The third-order valence-electron chi connectivity index (χ3n) is 4.37. The van der Waals surface area contributed by atoms with Crippen molar-refractivity contribution in [2.45, 2.75) is 24.9 Å². The minimum atomic E-state index is -0.410. The predicted octanol–water partition coefficient (Wildman–Crippen LogP) is 2.18. The van der Waals surface area contributed by atoms with E-state index >= 15 is 0 Å². The quantitative estimate of drug-likeness (QED) is 0.865. The van der Waals surface area contributed by atoms with Gasteiger partial charge in [0.2, 0.25) is 0 Å². The molecule has 1 aliphatic rings. The van der Waals surface area contributed by atoms with E-state index in [1.165, 1.54) is 5.56 Å². The first-order valence-corrected chi connectivity index (χ1v) is 6.50. The predicted molar refractivity (Wildman–Crippen MR) is 73.0 cm³/mol. The van der Waals surface area contributed by atoms with Gasteiger partial charge < -0.3 is 5.32 Å². The Hall–Kier alpha value is -1.37. The highest BCUT2D eigenvalue weighted by molar-refractivity contribution is 5.25. The topological polar surface area (TPSA) is 39.1 Å². The lowest BCUT2D eigenvalue weighted by Gasteiger charge is -2.47. The number of hydrogen-bond donors (Lipinski definition) is 1. The molecule has 3 nitrogen and oxygen atoms in total. The highest BCUT2D eigenvalue weighted by atomic mass is 15.2. The molecule has 0 radical (unpaired) electrons. The van der Waals surface area contributed by atoms with Crippen molar-refractivity contribution < 1.29 is 0 Å². The monoisotopic (exact) mass is 243 g/mol. The van der Waals surface area contributed by atoms with E-state index in [0.717, 1.165) is 13.0 Å². The molecule has 1 aliphatic heterocycles. The van der Waals surface area contributed by atoms with E-state index < -0.39 is 5.54 Å². The summed E-state index contributed by atoms with van der Waals surface area (Å²) in [4.78, 5) is 2.35. The van der Waals surface area contributed by atoms with Crippen molar-refractivity contribution >= 4 is 0 Å². The standard InChI is InChI=1S/C15H21N3/c1-12-14(13-7-5-4-6-8-13)18(3)10-9-15(12,11-16)17-2/h4-8,12,14,17H,9-10H2,1-3H3. The summed E-state index contributed by atoms with van der Waals surface area (Å²) < 4.78 is 0. The summed E-state index contributed by atoms with van der Waals surface area (Å²) in [5.41, 5.74) is 0.884. The van der Waals surface area contributed by atoms with E-state index in [0.29, 0.717) is 6.04 Å². The summed E-state index contributed by atoms with van der Waals surface area (Å²) in [6.07, 6.45) is 0.876. The van der Waals surface area contributed by atoms with Crippen molar-refractivity contribution in [3.05, 3.63) is 35.9 Å². The third-order valence-corrected chi connectivity index (χ3v) is 4.37. The Bertz CT molecular complexity index is 437. The van der Waals surface area contributed by atoms with Crippen LogP contribution in [-0.4, -0.2) is 31.1 Å². The third kappa shape index (κ3) is 2.03. The van der Waals surface area contributed by atoms with Crippen LogP contribution in [0.4, 0.5) is 0 Å². The van der Waals surface area contributed by atoms with Gasteiger partial charge in [-0.1, -0.05) is 37.3 Å². The minimum absolute atomic E-state index is 0.258. The summed E-state index contributed by atoms with van der Waals surface area (Å²) >= 11 is 0.